The van der Waals surface area contributed by atoms with Crippen molar-refractivity contribution < 1.29 is 9.59 Å². The summed E-state index contributed by atoms with van der Waals surface area (Å²) in [6.45, 7) is 3.06. The summed E-state index contributed by atoms with van der Waals surface area (Å²) in [6, 6.07) is 16.9. The van der Waals surface area contributed by atoms with E-state index in [1.807, 2.05) is 60.0 Å². The van der Waals surface area contributed by atoms with Crippen LogP contribution in [0.2, 0.25) is 0 Å². The van der Waals surface area contributed by atoms with Crippen LogP contribution in [0.15, 0.2) is 64.5 Å². The monoisotopic (exact) mass is 442 g/mol. The average Bonchev–Trinajstić information content (AvgIpc) is 3.12. The van der Waals surface area contributed by atoms with Crippen LogP contribution >= 0.6 is 27.3 Å². The van der Waals surface area contributed by atoms with Crippen LogP contribution in [-0.4, -0.2) is 16.7 Å². The summed E-state index contributed by atoms with van der Waals surface area (Å²) >= 11 is 4.95. The number of hydrogen-bond acceptors (Lipinski definition) is 4. The molecule has 0 radical (unpaired) electrons. The summed E-state index contributed by atoms with van der Waals surface area (Å²) in [5.74, 6) is -0.106. The second-order valence-electron chi connectivity index (χ2n) is 6.23. The number of rotatable bonds is 6. The number of anilines is 1. The molecule has 0 aliphatic rings. The number of para-hydroxylation sites is 1. The molecule has 0 fully saturated rings. The first-order valence-corrected chi connectivity index (χ1v) is 10.2. The van der Waals surface area contributed by atoms with E-state index in [0.717, 1.165) is 26.4 Å². The summed E-state index contributed by atoms with van der Waals surface area (Å²) in [4.78, 5) is 30.8. The second-order valence-corrected chi connectivity index (χ2v) is 8.00. The molecule has 0 saturated carbocycles. The fraction of sp³-hybridized carbons (Fsp3) is 0.190. The van der Waals surface area contributed by atoms with Gasteiger partial charge in [0, 0.05) is 34.4 Å². The molecular formula is C21H19BrN2O2S. The maximum Gasteiger partial charge on any atom is 0.224 e. The van der Waals surface area contributed by atoms with Crippen molar-refractivity contribution in [1.82, 2.24) is 4.98 Å². The van der Waals surface area contributed by atoms with E-state index in [9.17, 15) is 9.59 Å². The summed E-state index contributed by atoms with van der Waals surface area (Å²) in [7, 11) is 0. The van der Waals surface area contributed by atoms with Crippen molar-refractivity contribution >= 4 is 44.6 Å². The van der Waals surface area contributed by atoms with Gasteiger partial charge in [0.25, 0.3) is 0 Å². The Morgan fingerprint density at radius 3 is 2.33 bits per heavy atom. The highest BCUT2D eigenvalue weighted by atomic mass is 79.9. The van der Waals surface area contributed by atoms with Crippen LogP contribution in [0.25, 0.3) is 10.6 Å². The molecule has 6 heteroatoms. The smallest absolute Gasteiger partial charge is 0.224 e. The van der Waals surface area contributed by atoms with E-state index in [2.05, 4.69) is 15.9 Å². The SMILES string of the molecule is CC(=O)CC(c1csc(-c2ccc(Br)cc2)n1)N(C(C)=O)c1ccccc1. The molecule has 3 aromatic rings. The van der Waals surface area contributed by atoms with Gasteiger partial charge in [-0.25, -0.2) is 4.98 Å². The van der Waals surface area contributed by atoms with Crippen LogP contribution in [0.1, 0.15) is 32.0 Å². The highest BCUT2D eigenvalue weighted by molar-refractivity contribution is 9.10. The summed E-state index contributed by atoms with van der Waals surface area (Å²) in [5.41, 5.74) is 2.49. The minimum atomic E-state index is -0.428. The van der Waals surface area contributed by atoms with Gasteiger partial charge in [-0.2, -0.15) is 0 Å². The van der Waals surface area contributed by atoms with Gasteiger partial charge in [-0.05, 0) is 31.2 Å². The molecule has 1 heterocycles. The second kappa shape index (κ2) is 8.59. The lowest BCUT2D eigenvalue weighted by molar-refractivity contribution is -0.118. The number of hydrogen-bond donors (Lipinski definition) is 0. The highest BCUT2D eigenvalue weighted by Gasteiger charge is 2.28. The molecule has 3 rings (SSSR count). The predicted molar refractivity (Wildman–Crippen MR) is 113 cm³/mol. The van der Waals surface area contributed by atoms with Gasteiger partial charge in [0.15, 0.2) is 0 Å². The number of amides is 1. The Balaban J connectivity index is 2.01. The molecule has 0 saturated heterocycles. The van der Waals surface area contributed by atoms with E-state index in [4.69, 9.17) is 4.98 Å². The van der Waals surface area contributed by atoms with Crippen LogP contribution in [0.5, 0.6) is 0 Å². The zero-order valence-electron chi connectivity index (χ0n) is 15.1. The lowest BCUT2D eigenvalue weighted by Crippen LogP contribution is -2.34. The van der Waals surface area contributed by atoms with Crippen LogP contribution in [0, 0.1) is 0 Å². The molecule has 2 aromatic carbocycles. The van der Waals surface area contributed by atoms with E-state index < -0.39 is 6.04 Å². The maximum atomic E-state index is 12.4. The molecular weight excluding hydrogens is 424 g/mol. The topological polar surface area (TPSA) is 50.3 Å². The van der Waals surface area contributed by atoms with E-state index >= 15 is 0 Å². The van der Waals surface area contributed by atoms with E-state index in [1.165, 1.54) is 25.2 Å². The van der Waals surface area contributed by atoms with Crippen molar-refractivity contribution in [3.8, 4) is 10.6 Å². The predicted octanol–water partition coefficient (Wildman–Crippen LogP) is 5.65. The zero-order chi connectivity index (χ0) is 19.4. The largest absolute Gasteiger partial charge is 0.303 e. The van der Waals surface area contributed by atoms with E-state index in [-0.39, 0.29) is 18.1 Å². The van der Waals surface area contributed by atoms with E-state index in [1.54, 1.807) is 4.90 Å². The zero-order valence-corrected chi connectivity index (χ0v) is 17.5. The van der Waals surface area contributed by atoms with Gasteiger partial charge in [-0.3, -0.25) is 9.59 Å². The number of carbonyl (C=O) groups is 2. The summed E-state index contributed by atoms with van der Waals surface area (Å²) < 4.78 is 1.00. The molecule has 1 aromatic heterocycles. The minimum absolute atomic E-state index is 0.0142. The Morgan fingerprint density at radius 2 is 1.74 bits per heavy atom. The standard InChI is InChI=1S/C21H19BrN2O2S/c1-14(25)12-20(24(15(2)26)18-6-4-3-5-7-18)19-13-27-21(23-19)16-8-10-17(22)11-9-16/h3-11,13,20H,12H2,1-2H3. The summed E-state index contributed by atoms with van der Waals surface area (Å²) in [6.07, 6.45) is 0.220. The lowest BCUT2D eigenvalue weighted by Gasteiger charge is -2.29. The maximum absolute atomic E-state index is 12.4. The fourth-order valence-electron chi connectivity index (χ4n) is 2.93. The number of carbonyl (C=O) groups excluding carboxylic acids is 2. The van der Waals surface area contributed by atoms with Crippen molar-refractivity contribution in [2.24, 2.45) is 0 Å². The van der Waals surface area contributed by atoms with Gasteiger partial charge in [0.2, 0.25) is 5.91 Å². The van der Waals surface area contributed by atoms with Crippen LogP contribution in [-0.2, 0) is 9.59 Å². The number of aromatic nitrogens is 1. The first kappa shape index (κ1) is 19.5. The molecule has 1 unspecified atom stereocenters. The third kappa shape index (κ3) is 4.70. The molecule has 4 nitrogen and oxygen atoms in total. The highest BCUT2D eigenvalue weighted by Crippen LogP contribution is 2.34. The van der Waals surface area contributed by atoms with Gasteiger partial charge >= 0.3 is 0 Å². The van der Waals surface area contributed by atoms with Gasteiger partial charge < -0.3 is 4.90 Å². The average molecular weight is 443 g/mol. The van der Waals surface area contributed by atoms with Crippen molar-refractivity contribution in [1.29, 1.82) is 0 Å². The van der Waals surface area contributed by atoms with Gasteiger partial charge in [0.1, 0.15) is 10.8 Å². The van der Waals surface area contributed by atoms with Crippen molar-refractivity contribution in [3.63, 3.8) is 0 Å². The quantitative estimate of drug-likeness (QED) is 0.495. The van der Waals surface area contributed by atoms with Crippen molar-refractivity contribution in [2.75, 3.05) is 4.90 Å². The number of benzene rings is 2. The molecule has 27 heavy (non-hydrogen) atoms. The van der Waals surface area contributed by atoms with Gasteiger partial charge in [0.05, 0.1) is 11.7 Å². The Labute approximate surface area is 171 Å². The molecule has 0 bridgehead atoms. The first-order chi connectivity index (χ1) is 13.0. The molecule has 0 aliphatic carbocycles. The molecule has 0 N–H and O–H groups in total. The molecule has 138 valence electrons. The fourth-order valence-corrected chi connectivity index (χ4v) is 4.07. The number of halogens is 1. The third-order valence-electron chi connectivity index (χ3n) is 4.12. The summed E-state index contributed by atoms with van der Waals surface area (Å²) in [5, 5.41) is 2.80. The Bertz CT molecular complexity index is 938. The van der Waals surface area contributed by atoms with E-state index in [0.29, 0.717) is 0 Å². The van der Waals surface area contributed by atoms with Crippen molar-refractivity contribution in [2.45, 2.75) is 26.3 Å². The number of Topliss-reactive ketones (excluding diaryl/α,β-unsaturated/α-hetero) is 1. The van der Waals surface area contributed by atoms with Crippen LogP contribution in [0.4, 0.5) is 5.69 Å². The van der Waals surface area contributed by atoms with Gasteiger partial charge in [-0.1, -0.05) is 46.3 Å². The minimum Gasteiger partial charge on any atom is -0.303 e. The lowest BCUT2D eigenvalue weighted by atomic mass is 10.1. The number of nitrogens with zero attached hydrogens (tertiary/aromatic N) is 2. The molecule has 1 amide bonds. The number of ketones is 1. The van der Waals surface area contributed by atoms with Crippen LogP contribution < -0.4 is 4.90 Å². The molecule has 0 aliphatic heterocycles. The normalized spacial score (nSPS) is 11.8. The molecule has 1 atom stereocenters. The van der Waals surface area contributed by atoms with Gasteiger partial charge in [-0.15, -0.1) is 11.3 Å². The Morgan fingerprint density at radius 1 is 1.07 bits per heavy atom. The third-order valence-corrected chi connectivity index (χ3v) is 5.56. The van der Waals surface area contributed by atoms with Crippen LogP contribution in [0.3, 0.4) is 0 Å². The molecule has 0 spiro atoms. The number of thiazole rings is 1. The first-order valence-electron chi connectivity index (χ1n) is 8.51. The Kier molecular flexibility index (Phi) is 6.19. The Hall–Kier alpha value is -2.31. The van der Waals surface area contributed by atoms with Crippen molar-refractivity contribution in [3.05, 3.63) is 70.1 Å².